The number of hydrogen-bond donors (Lipinski definition) is 2. The Hall–Kier alpha value is -3.62. The number of thiophene rings is 1. The number of benzene rings is 2. The fourth-order valence-corrected chi connectivity index (χ4v) is 6.11. The first-order valence-electron chi connectivity index (χ1n) is 11.9. The van der Waals surface area contributed by atoms with Crippen LogP contribution >= 0.6 is 23.6 Å². The molecule has 0 atom stereocenters. The first kappa shape index (κ1) is 24.1. The Kier molecular flexibility index (Phi) is 7.06. The van der Waals surface area contributed by atoms with E-state index < -0.39 is 5.97 Å². The summed E-state index contributed by atoms with van der Waals surface area (Å²) in [5.74, 6) is -0.736. The molecule has 0 bridgehead atoms. The van der Waals surface area contributed by atoms with E-state index in [0.717, 1.165) is 54.1 Å². The van der Waals surface area contributed by atoms with Gasteiger partial charge in [-0.25, -0.2) is 9.78 Å². The Morgan fingerprint density at radius 3 is 2.56 bits per heavy atom. The largest absolute Gasteiger partial charge is 0.465 e. The van der Waals surface area contributed by atoms with Gasteiger partial charge < -0.3 is 10.1 Å². The van der Waals surface area contributed by atoms with Gasteiger partial charge in [-0.15, -0.1) is 11.3 Å². The van der Waals surface area contributed by atoms with E-state index in [2.05, 4.69) is 10.6 Å². The van der Waals surface area contributed by atoms with Crippen LogP contribution in [0.15, 0.2) is 60.7 Å². The van der Waals surface area contributed by atoms with Crippen LogP contribution in [0.5, 0.6) is 0 Å². The number of hydrogen-bond acceptors (Lipinski definition) is 6. The van der Waals surface area contributed by atoms with E-state index in [9.17, 15) is 9.59 Å². The van der Waals surface area contributed by atoms with Crippen LogP contribution in [-0.2, 0) is 17.6 Å². The Bertz CT molecular complexity index is 1460. The lowest BCUT2D eigenvalue weighted by atomic mass is 10.0. The number of methoxy groups -OCH3 is 1. The van der Waals surface area contributed by atoms with E-state index in [1.807, 2.05) is 54.6 Å². The Morgan fingerprint density at radius 2 is 1.75 bits per heavy atom. The third-order valence-corrected chi connectivity index (χ3v) is 7.71. The molecule has 4 aromatic rings. The molecule has 36 heavy (non-hydrogen) atoms. The molecule has 2 aromatic heterocycles. The van der Waals surface area contributed by atoms with Crippen LogP contribution in [0.25, 0.3) is 22.2 Å². The molecule has 8 heteroatoms. The molecule has 0 spiro atoms. The van der Waals surface area contributed by atoms with Gasteiger partial charge >= 0.3 is 5.97 Å². The zero-order valence-electron chi connectivity index (χ0n) is 19.8. The number of ether oxygens (including phenoxy) is 1. The lowest BCUT2D eigenvalue weighted by Gasteiger charge is -2.13. The number of rotatable bonds is 4. The molecule has 2 heterocycles. The molecule has 0 fully saturated rings. The van der Waals surface area contributed by atoms with Crippen molar-refractivity contribution in [3.63, 3.8) is 0 Å². The minimum atomic E-state index is -0.390. The SMILES string of the molecule is COC(=O)c1c(NC(=S)NC(=O)c2cc(-c3ccccc3)nc3ccccc23)sc2c1CCCCC2. The zero-order valence-corrected chi connectivity index (χ0v) is 21.4. The van der Waals surface area contributed by atoms with Crippen LogP contribution in [0.4, 0.5) is 5.00 Å². The monoisotopic (exact) mass is 515 g/mol. The van der Waals surface area contributed by atoms with Gasteiger partial charge in [-0.2, -0.15) is 0 Å². The number of pyridine rings is 1. The molecule has 182 valence electrons. The smallest absolute Gasteiger partial charge is 0.341 e. The van der Waals surface area contributed by atoms with Gasteiger partial charge in [-0.05, 0) is 55.6 Å². The molecule has 1 aliphatic carbocycles. The minimum absolute atomic E-state index is 0.128. The number of carbonyl (C=O) groups excluding carboxylic acids is 2. The van der Waals surface area contributed by atoms with Crippen molar-refractivity contribution in [1.82, 2.24) is 10.3 Å². The maximum atomic E-state index is 13.4. The second kappa shape index (κ2) is 10.6. The molecule has 2 aromatic carbocycles. The van der Waals surface area contributed by atoms with Gasteiger partial charge in [0.1, 0.15) is 5.00 Å². The quantitative estimate of drug-likeness (QED) is 0.193. The zero-order chi connectivity index (χ0) is 25.1. The molecule has 0 radical (unpaired) electrons. The van der Waals surface area contributed by atoms with E-state index in [4.69, 9.17) is 21.9 Å². The molecular formula is C28H25N3O3S2. The minimum Gasteiger partial charge on any atom is -0.465 e. The van der Waals surface area contributed by atoms with E-state index in [0.29, 0.717) is 21.8 Å². The Labute approximate surface area is 218 Å². The molecule has 0 unspecified atom stereocenters. The van der Waals surface area contributed by atoms with Crippen LogP contribution < -0.4 is 10.6 Å². The topological polar surface area (TPSA) is 80.3 Å². The molecule has 0 saturated heterocycles. The van der Waals surface area contributed by atoms with Crippen LogP contribution in [0.1, 0.15) is 50.4 Å². The van der Waals surface area contributed by atoms with Gasteiger partial charge in [-0.3, -0.25) is 10.1 Å². The molecule has 0 saturated carbocycles. The summed E-state index contributed by atoms with van der Waals surface area (Å²) >= 11 is 7.02. The van der Waals surface area contributed by atoms with Gasteiger partial charge in [0.15, 0.2) is 5.11 Å². The average Bonchev–Trinajstić information content (AvgIpc) is 3.07. The summed E-state index contributed by atoms with van der Waals surface area (Å²) < 4.78 is 5.07. The van der Waals surface area contributed by atoms with Gasteiger partial charge in [0, 0.05) is 15.8 Å². The second-order valence-electron chi connectivity index (χ2n) is 8.61. The number of fused-ring (bicyclic) bond motifs is 2. The van der Waals surface area contributed by atoms with E-state index in [1.54, 1.807) is 6.07 Å². The lowest BCUT2D eigenvalue weighted by Crippen LogP contribution is -2.34. The maximum Gasteiger partial charge on any atom is 0.341 e. The van der Waals surface area contributed by atoms with Crippen LogP contribution in [0, 0.1) is 0 Å². The first-order valence-corrected chi connectivity index (χ1v) is 13.1. The number of nitrogens with zero attached hydrogens (tertiary/aromatic N) is 1. The molecule has 2 N–H and O–H groups in total. The highest BCUT2D eigenvalue weighted by Crippen LogP contribution is 2.38. The van der Waals surface area contributed by atoms with Crippen molar-refractivity contribution < 1.29 is 14.3 Å². The van der Waals surface area contributed by atoms with Crippen molar-refractivity contribution >= 4 is 56.4 Å². The van der Waals surface area contributed by atoms with Crippen LogP contribution in [0.2, 0.25) is 0 Å². The van der Waals surface area contributed by atoms with Gasteiger partial charge in [-0.1, -0.05) is 55.0 Å². The third kappa shape index (κ3) is 4.87. The van der Waals surface area contributed by atoms with Crippen molar-refractivity contribution in [3.8, 4) is 11.3 Å². The third-order valence-electron chi connectivity index (χ3n) is 6.30. The van der Waals surface area contributed by atoms with Gasteiger partial charge in [0.25, 0.3) is 5.91 Å². The van der Waals surface area contributed by atoms with Crippen molar-refractivity contribution in [2.24, 2.45) is 0 Å². The van der Waals surface area contributed by atoms with E-state index >= 15 is 0 Å². The predicted molar refractivity (Wildman–Crippen MR) is 148 cm³/mol. The number of nitrogens with one attached hydrogen (secondary N) is 2. The summed E-state index contributed by atoms with van der Waals surface area (Å²) in [6.07, 6.45) is 5.03. The fraction of sp³-hybridized carbons (Fsp3) is 0.214. The molecule has 5 rings (SSSR count). The van der Waals surface area contributed by atoms with Crippen LogP contribution in [0.3, 0.4) is 0 Å². The summed E-state index contributed by atoms with van der Waals surface area (Å²) in [6, 6.07) is 19.0. The summed E-state index contributed by atoms with van der Waals surface area (Å²) in [5, 5.41) is 7.38. The highest BCUT2D eigenvalue weighted by atomic mass is 32.1. The summed E-state index contributed by atoms with van der Waals surface area (Å²) in [4.78, 5) is 32.0. The summed E-state index contributed by atoms with van der Waals surface area (Å²) in [7, 11) is 1.38. The molecule has 0 aliphatic heterocycles. The number of amides is 1. The molecule has 1 amide bonds. The number of aryl methyl sites for hydroxylation is 1. The van der Waals surface area contributed by atoms with Crippen molar-refractivity contribution in [1.29, 1.82) is 0 Å². The summed E-state index contributed by atoms with van der Waals surface area (Å²) in [6.45, 7) is 0. The number of anilines is 1. The highest BCUT2D eigenvalue weighted by Gasteiger charge is 2.26. The standard InChI is InChI=1S/C28H25N3O3S2/c1-34-27(33)24-19-13-6-3-7-15-23(19)36-26(24)31-28(35)30-25(32)20-16-22(17-10-4-2-5-11-17)29-21-14-9-8-12-18(20)21/h2,4-5,8-12,14,16H,3,6-7,13,15H2,1H3,(H2,30,31,32,35). The Balaban J connectivity index is 1.43. The maximum absolute atomic E-state index is 13.4. The van der Waals surface area contributed by atoms with E-state index in [1.165, 1.54) is 23.3 Å². The Morgan fingerprint density at radius 1 is 1.00 bits per heavy atom. The molecule has 1 aliphatic rings. The van der Waals surface area contributed by atoms with Gasteiger partial charge in [0.05, 0.1) is 29.4 Å². The van der Waals surface area contributed by atoms with E-state index in [-0.39, 0.29) is 11.0 Å². The van der Waals surface area contributed by atoms with Crippen LogP contribution in [-0.4, -0.2) is 29.1 Å². The lowest BCUT2D eigenvalue weighted by molar-refractivity contribution is 0.0601. The van der Waals surface area contributed by atoms with Crippen molar-refractivity contribution in [3.05, 3.63) is 82.2 Å². The number of esters is 1. The highest BCUT2D eigenvalue weighted by molar-refractivity contribution is 7.80. The number of para-hydroxylation sites is 1. The van der Waals surface area contributed by atoms with Crippen molar-refractivity contribution in [2.75, 3.05) is 12.4 Å². The number of thiocarbonyl (C=S) groups is 1. The predicted octanol–water partition coefficient (Wildman–Crippen LogP) is 6.15. The summed E-state index contributed by atoms with van der Waals surface area (Å²) in [5.41, 5.74) is 4.37. The van der Waals surface area contributed by atoms with Gasteiger partial charge in [0.2, 0.25) is 0 Å². The fourth-order valence-electron chi connectivity index (χ4n) is 4.57. The number of carbonyl (C=O) groups is 2. The first-order chi connectivity index (χ1) is 17.5. The molecular weight excluding hydrogens is 490 g/mol. The van der Waals surface area contributed by atoms with Crippen molar-refractivity contribution in [2.45, 2.75) is 32.1 Å². The number of aromatic nitrogens is 1. The molecule has 6 nitrogen and oxygen atoms in total. The normalized spacial score (nSPS) is 12.9. The average molecular weight is 516 g/mol. The second-order valence-corrected chi connectivity index (χ2v) is 10.1.